The lowest BCUT2D eigenvalue weighted by Gasteiger charge is -2.20. The van der Waals surface area contributed by atoms with Gasteiger partial charge in [0.2, 0.25) is 0 Å². The van der Waals surface area contributed by atoms with E-state index in [9.17, 15) is 0 Å². The van der Waals surface area contributed by atoms with Crippen molar-refractivity contribution in [3.8, 4) is 0 Å². The van der Waals surface area contributed by atoms with Crippen molar-refractivity contribution >= 4 is 5.96 Å². The monoisotopic (exact) mass is 238 g/mol. The Morgan fingerprint density at radius 2 is 2.06 bits per heavy atom. The van der Waals surface area contributed by atoms with E-state index in [0.717, 1.165) is 23.4 Å². The van der Waals surface area contributed by atoms with Crippen LogP contribution in [0.3, 0.4) is 0 Å². The van der Waals surface area contributed by atoms with Crippen LogP contribution in [-0.2, 0) is 6.42 Å². The van der Waals surface area contributed by atoms with Gasteiger partial charge in [-0.3, -0.25) is 4.99 Å². The van der Waals surface area contributed by atoms with E-state index < -0.39 is 0 Å². The minimum Gasteiger partial charge on any atom is -0.370 e. The summed E-state index contributed by atoms with van der Waals surface area (Å²) in [5.41, 5.74) is 7.77. The van der Waals surface area contributed by atoms with E-state index in [1.807, 2.05) is 34.6 Å². The molecular formula is C12H22N4O. The molecular weight excluding hydrogens is 216 g/mol. The van der Waals surface area contributed by atoms with Gasteiger partial charge in [-0.2, -0.15) is 0 Å². The van der Waals surface area contributed by atoms with E-state index in [1.54, 1.807) is 0 Å². The maximum Gasteiger partial charge on any atom is 0.188 e. The Hall–Kier alpha value is -1.52. The van der Waals surface area contributed by atoms with Crippen molar-refractivity contribution in [1.29, 1.82) is 0 Å². The first kappa shape index (κ1) is 13.5. The second-order valence-electron chi connectivity index (χ2n) is 5.19. The standard InChI is InChI=1S/C12H22N4O/c1-8-10(9(2)17-16-8)6-7-14-11(13)15-12(3,4)5/h6-7H2,1-5H3,(H3,13,14,15). The number of nitrogens with one attached hydrogen (secondary N) is 1. The summed E-state index contributed by atoms with van der Waals surface area (Å²) in [7, 11) is 0. The van der Waals surface area contributed by atoms with Crippen LogP contribution in [0, 0.1) is 13.8 Å². The summed E-state index contributed by atoms with van der Waals surface area (Å²) in [5, 5.41) is 7.02. The van der Waals surface area contributed by atoms with Gasteiger partial charge in [-0.1, -0.05) is 5.16 Å². The second kappa shape index (κ2) is 5.21. The number of aliphatic imine (C=N–C) groups is 1. The summed E-state index contributed by atoms with van der Waals surface area (Å²) >= 11 is 0. The van der Waals surface area contributed by atoms with Crippen LogP contribution in [0.25, 0.3) is 0 Å². The van der Waals surface area contributed by atoms with Gasteiger partial charge >= 0.3 is 0 Å². The van der Waals surface area contributed by atoms with Crippen LogP contribution in [0.2, 0.25) is 0 Å². The molecule has 1 aromatic rings. The Morgan fingerprint density at radius 1 is 1.41 bits per heavy atom. The Kier molecular flexibility index (Phi) is 4.15. The maximum atomic E-state index is 5.78. The summed E-state index contributed by atoms with van der Waals surface area (Å²) in [5.74, 6) is 1.34. The van der Waals surface area contributed by atoms with E-state index in [-0.39, 0.29) is 5.54 Å². The van der Waals surface area contributed by atoms with Crippen LogP contribution in [0.15, 0.2) is 9.52 Å². The number of nitrogens with two attached hydrogens (primary N) is 1. The lowest BCUT2D eigenvalue weighted by atomic mass is 10.1. The van der Waals surface area contributed by atoms with Crippen LogP contribution in [0.1, 0.15) is 37.8 Å². The highest BCUT2D eigenvalue weighted by atomic mass is 16.5. The Bertz CT molecular complexity index is 382. The first-order valence-electron chi connectivity index (χ1n) is 5.79. The third kappa shape index (κ3) is 4.46. The molecule has 0 saturated carbocycles. The Morgan fingerprint density at radius 3 is 2.53 bits per heavy atom. The molecule has 0 atom stereocenters. The van der Waals surface area contributed by atoms with Crippen molar-refractivity contribution in [3.05, 3.63) is 17.0 Å². The zero-order valence-electron chi connectivity index (χ0n) is 11.3. The molecule has 5 nitrogen and oxygen atoms in total. The van der Waals surface area contributed by atoms with Crippen molar-refractivity contribution < 1.29 is 4.52 Å². The van der Waals surface area contributed by atoms with Gasteiger partial charge in [-0.05, 0) is 41.0 Å². The molecule has 1 heterocycles. The zero-order valence-corrected chi connectivity index (χ0v) is 11.3. The molecule has 0 aliphatic carbocycles. The summed E-state index contributed by atoms with van der Waals surface area (Å²) < 4.78 is 5.09. The van der Waals surface area contributed by atoms with Gasteiger partial charge in [-0.25, -0.2) is 0 Å². The van der Waals surface area contributed by atoms with Gasteiger partial charge in [0.25, 0.3) is 0 Å². The maximum absolute atomic E-state index is 5.78. The van der Waals surface area contributed by atoms with Gasteiger partial charge in [0.05, 0.1) is 5.69 Å². The molecule has 0 spiro atoms. The zero-order chi connectivity index (χ0) is 13.1. The Balaban J connectivity index is 2.50. The number of rotatable bonds is 3. The summed E-state index contributed by atoms with van der Waals surface area (Å²) in [6.45, 7) is 10.6. The molecule has 0 fully saturated rings. The molecule has 5 heteroatoms. The molecule has 0 unspecified atom stereocenters. The number of aromatic nitrogens is 1. The van der Waals surface area contributed by atoms with Crippen molar-refractivity contribution in [3.63, 3.8) is 0 Å². The fourth-order valence-electron chi connectivity index (χ4n) is 1.57. The van der Waals surface area contributed by atoms with Crippen molar-refractivity contribution in [2.45, 2.75) is 46.6 Å². The van der Waals surface area contributed by atoms with Gasteiger partial charge in [0, 0.05) is 17.6 Å². The number of nitrogens with zero attached hydrogens (tertiary/aromatic N) is 2. The second-order valence-corrected chi connectivity index (χ2v) is 5.19. The van der Waals surface area contributed by atoms with Crippen LogP contribution < -0.4 is 11.1 Å². The molecule has 0 radical (unpaired) electrons. The molecule has 1 aromatic heterocycles. The number of aryl methyl sites for hydroxylation is 2. The smallest absolute Gasteiger partial charge is 0.188 e. The van der Waals surface area contributed by atoms with Crippen LogP contribution in [0.4, 0.5) is 0 Å². The highest BCUT2D eigenvalue weighted by Gasteiger charge is 2.10. The third-order valence-corrected chi connectivity index (χ3v) is 2.33. The molecule has 3 N–H and O–H groups in total. The molecule has 0 amide bonds. The minimum absolute atomic E-state index is 0.0589. The summed E-state index contributed by atoms with van der Waals surface area (Å²) in [6, 6.07) is 0. The fraction of sp³-hybridized carbons (Fsp3) is 0.667. The topological polar surface area (TPSA) is 76.4 Å². The SMILES string of the molecule is Cc1noc(C)c1CCN=C(N)NC(C)(C)C. The van der Waals surface area contributed by atoms with Gasteiger partial charge in [-0.15, -0.1) is 0 Å². The molecule has 17 heavy (non-hydrogen) atoms. The van der Waals surface area contributed by atoms with Gasteiger partial charge in [0.1, 0.15) is 5.76 Å². The van der Waals surface area contributed by atoms with E-state index in [1.165, 1.54) is 0 Å². The van der Waals surface area contributed by atoms with Crippen LogP contribution >= 0.6 is 0 Å². The predicted octanol–water partition coefficient (Wildman–Crippen LogP) is 1.54. The average molecular weight is 238 g/mol. The highest BCUT2D eigenvalue weighted by Crippen LogP contribution is 2.12. The molecule has 0 saturated heterocycles. The molecule has 96 valence electrons. The van der Waals surface area contributed by atoms with Crippen molar-refractivity contribution in [1.82, 2.24) is 10.5 Å². The lowest BCUT2D eigenvalue weighted by Crippen LogP contribution is -2.45. The molecule has 0 aliphatic rings. The Labute approximate surface area is 102 Å². The predicted molar refractivity (Wildman–Crippen MR) is 69.1 cm³/mol. The van der Waals surface area contributed by atoms with E-state index in [4.69, 9.17) is 10.3 Å². The number of hydrogen-bond donors (Lipinski definition) is 2. The largest absolute Gasteiger partial charge is 0.370 e. The number of guanidine groups is 1. The number of hydrogen-bond acceptors (Lipinski definition) is 3. The van der Waals surface area contributed by atoms with Crippen LogP contribution in [-0.4, -0.2) is 23.2 Å². The first-order valence-corrected chi connectivity index (χ1v) is 5.79. The van der Waals surface area contributed by atoms with Crippen molar-refractivity contribution in [2.24, 2.45) is 10.7 Å². The lowest BCUT2D eigenvalue weighted by molar-refractivity contribution is 0.392. The molecule has 0 aromatic carbocycles. The van der Waals surface area contributed by atoms with Gasteiger partial charge in [0.15, 0.2) is 5.96 Å². The average Bonchev–Trinajstić information content (AvgIpc) is 2.46. The molecule has 1 rings (SSSR count). The quantitative estimate of drug-likeness (QED) is 0.618. The normalized spacial score (nSPS) is 12.9. The summed E-state index contributed by atoms with van der Waals surface area (Å²) in [6.07, 6.45) is 0.799. The minimum atomic E-state index is -0.0589. The highest BCUT2D eigenvalue weighted by molar-refractivity contribution is 5.78. The van der Waals surface area contributed by atoms with E-state index in [0.29, 0.717) is 12.5 Å². The summed E-state index contributed by atoms with van der Waals surface area (Å²) in [4.78, 5) is 4.28. The fourth-order valence-corrected chi connectivity index (χ4v) is 1.57. The van der Waals surface area contributed by atoms with Gasteiger partial charge < -0.3 is 15.6 Å². The first-order chi connectivity index (χ1) is 7.79. The van der Waals surface area contributed by atoms with Crippen LogP contribution in [0.5, 0.6) is 0 Å². The molecule has 0 bridgehead atoms. The van der Waals surface area contributed by atoms with Crippen molar-refractivity contribution in [2.75, 3.05) is 6.54 Å². The van der Waals surface area contributed by atoms with E-state index >= 15 is 0 Å². The van der Waals surface area contributed by atoms with E-state index in [2.05, 4.69) is 15.5 Å². The molecule has 0 aliphatic heterocycles. The third-order valence-electron chi connectivity index (χ3n) is 2.33.